The summed E-state index contributed by atoms with van der Waals surface area (Å²) < 4.78 is 9.88. The lowest BCUT2D eigenvalue weighted by atomic mass is 9.75. The number of ether oxygens (including phenoxy) is 2. The maximum absolute atomic E-state index is 12.6. The number of esters is 1. The number of amides is 1. The first kappa shape index (κ1) is 21.3. The zero-order valence-corrected chi connectivity index (χ0v) is 17.4. The molecule has 0 saturated carbocycles. The molecule has 0 saturated heterocycles. The number of aromatic nitrogens is 1. The molecule has 3 rings (SSSR count). The Bertz CT molecular complexity index is 1080. The molecule has 1 heterocycles. The van der Waals surface area contributed by atoms with Gasteiger partial charge in [0.2, 0.25) is 0 Å². The van der Waals surface area contributed by atoms with Gasteiger partial charge in [-0.3, -0.25) is 14.4 Å². The number of H-pyrrole nitrogens is 1. The summed E-state index contributed by atoms with van der Waals surface area (Å²) >= 11 is 0. The van der Waals surface area contributed by atoms with Crippen LogP contribution in [0.1, 0.15) is 62.6 Å². The van der Waals surface area contributed by atoms with E-state index in [0.717, 1.165) is 0 Å². The molecule has 0 fully saturated rings. The fraction of sp³-hybridized carbons (Fsp3) is 0.364. The van der Waals surface area contributed by atoms with E-state index in [2.05, 4.69) is 10.3 Å². The second kappa shape index (κ2) is 8.14. The maximum atomic E-state index is 12.6. The van der Waals surface area contributed by atoms with Gasteiger partial charge in [0.05, 0.1) is 14.2 Å². The Balaban J connectivity index is 1.81. The van der Waals surface area contributed by atoms with E-state index in [-0.39, 0.29) is 28.9 Å². The smallest absolute Gasteiger partial charge is 0.341 e. The number of nitrogens with one attached hydrogen (secondary N) is 2. The first-order chi connectivity index (χ1) is 14.1. The maximum Gasteiger partial charge on any atom is 0.341 e. The number of carbonyl (C=O) groups is 3. The van der Waals surface area contributed by atoms with Crippen molar-refractivity contribution in [3.63, 3.8) is 0 Å². The highest BCUT2D eigenvalue weighted by molar-refractivity contribution is 6.02. The fourth-order valence-corrected chi connectivity index (χ4v) is 3.61. The van der Waals surface area contributed by atoms with Gasteiger partial charge < -0.3 is 19.8 Å². The van der Waals surface area contributed by atoms with Crippen molar-refractivity contribution < 1.29 is 23.9 Å². The number of benzene rings is 1. The Labute approximate surface area is 173 Å². The molecule has 30 heavy (non-hydrogen) atoms. The Morgan fingerprint density at radius 3 is 2.50 bits per heavy atom. The molecule has 1 aromatic carbocycles. The van der Waals surface area contributed by atoms with Crippen LogP contribution in [0.3, 0.4) is 0 Å². The van der Waals surface area contributed by atoms with Crippen molar-refractivity contribution in [3.8, 4) is 5.75 Å². The summed E-state index contributed by atoms with van der Waals surface area (Å²) in [4.78, 5) is 52.1. The fourth-order valence-electron chi connectivity index (χ4n) is 3.61. The minimum atomic E-state index is -0.605. The van der Waals surface area contributed by atoms with E-state index in [9.17, 15) is 19.2 Å². The lowest BCUT2D eigenvalue weighted by molar-refractivity contribution is 0.0596. The van der Waals surface area contributed by atoms with Gasteiger partial charge >= 0.3 is 5.97 Å². The van der Waals surface area contributed by atoms with Crippen LogP contribution in [0, 0.1) is 5.41 Å². The molecule has 0 unspecified atom stereocenters. The third-order valence-corrected chi connectivity index (χ3v) is 5.08. The Morgan fingerprint density at radius 1 is 1.10 bits per heavy atom. The number of pyridine rings is 1. The third kappa shape index (κ3) is 4.27. The zero-order valence-electron chi connectivity index (χ0n) is 17.4. The topological polar surface area (TPSA) is 115 Å². The van der Waals surface area contributed by atoms with Crippen LogP contribution in [0.25, 0.3) is 0 Å². The molecule has 158 valence electrons. The summed E-state index contributed by atoms with van der Waals surface area (Å²) in [6, 6.07) is 6.21. The molecule has 1 aromatic heterocycles. The molecule has 8 heteroatoms. The summed E-state index contributed by atoms with van der Waals surface area (Å²) in [5.41, 5.74) is 0.906. The molecule has 1 aliphatic rings. The first-order valence-corrected chi connectivity index (χ1v) is 9.48. The van der Waals surface area contributed by atoms with Crippen LogP contribution < -0.4 is 15.6 Å². The van der Waals surface area contributed by atoms with Crippen molar-refractivity contribution in [2.75, 3.05) is 14.2 Å². The van der Waals surface area contributed by atoms with Crippen LogP contribution in [-0.4, -0.2) is 36.9 Å². The summed E-state index contributed by atoms with van der Waals surface area (Å²) in [5, 5.41) is 2.65. The average Bonchev–Trinajstić information content (AvgIpc) is 2.69. The summed E-state index contributed by atoms with van der Waals surface area (Å²) in [7, 11) is 2.70. The molecule has 8 nitrogen and oxygen atoms in total. The minimum Gasteiger partial charge on any atom is -0.496 e. The number of aromatic amines is 1. The lowest BCUT2D eigenvalue weighted by Gasteiger charge is -2.29. The predicted octanol–water partition coefficient (Wildman–Crippen LogP) is 2.26. The Morgan fingerprint density at radius 2 is 1.83 bits per heavy atom. The van der Waals surface area contributed by atoms with Gasteiger partial charge in [0.15, 0.2) is 5.78 Å². The van der Waals surface area contributed by atoms with E-state index in [0.29, 0.717) is 35.4 Å². The van der Waals surface area contributed by atoms with Gasteiger partial charge in [-0.2, -0.15) is 0 Å². The number of Topliss-reactive ketones (excluding diaryl/α,β-unsaturated/α-hetero) is 1. The second-order valence-electron chi connectivity index (χ2n) is 8.05. The second-order valence-corrected chi connectivity index (χ2v) is 8.05. The van der Waals surface area contributed by atoms with Gasteiger partial charge in [-0.1, -0.05) is 19.9 Å². The van der Waals surface area contributed by atoms with Gasteiger partial charge in [-0.15, -0.1) is 0 Å². The lowest BCUT2D eigenvalue weighted by Crippen LogP contribution is -2.34. The van der Waals surface area contributed by atoms with Crippen LogP contribution in [-0.2, 0) is 17.7 Å². The van der Waals surface area contributed by atoms with E-state index in [1.165, 1.54) is 20.3 Å². The van der Waals surface area contributed by atoms with Crippen molar-refractivity contribution in [3.05, 3.63) is 62.6 Å². The summed E-state index contributed by atoms with van der Waals surface area (Å²) in [6.45, 7) is 4.00. The van der Waals surface area contributed by atoms with Crippen LogP contribution >= 0.6 is 0 Å². The van der Waals surface area contributed by atoms with Gasteiger partial charge in [-0.05, 0) is 35.6 Å². The van der Waals surface area contributed by atoms with Crippen LogP contribution in [0.4, 0.5) is 0 Å². The van der Waals surface area contributed by atoms with Crippen molar-refractivity contribution in [1.82, 2.24) is 10.3 Å². The van der Waals surface area contributed by atoms with Gasteiger partial charge in [0.1, 0.15) is 16.9 Å². The molecule has 0 atom stereocenters. The molecule has 0 bridgehead atoms. The molecular weight excluding hydrogens is 388 g/mol. The number of ketones is 1. The van der Waals surface area contributed by atoms with Crippen LogP contribution in [0.2, 0.25) is 0 Å². The molecule has 0 radical (unpaired) electrons. The molecule has 0 aliphatic heterocycles. The highest BCUT2D eigenvalue weighted by Crippen LogP contribution is 2.33. The van der Waals surface area contributed by atoms with E-state index < -0.39 is 17.4 Å². The predicted molar refractivity (Wildman–Crippen MR) is 109 cm³/mol. The Kier molecular flexibility index (Phi) is 5.78. The van der Waals surface area contributed by atoms with E-state index in [1.807, 2.05) is 13.8 Å². The molecule has 2 aromatic rings. The van der Waals surface area contributed by atoms with Gasteiger partial charge in [0.25, 0.3) is 11.5 Å². The summed E-state index contributed by atoms with van der Waals surface area (Å²) in [6.07, 6.45) is 0.919. The van der Waals surface area contributed by atoms with Crippen molar-refractivity contribution in [1.29, 1.82) is 0 Å². The monoisotopic (exact) mass is 412 g/mol. The number of carbonyl (C=O) groups excluding carboxylic acids is 3. The number of rotatable bonds is 5. The first-order valence-electron chi connectivity index (χ1n) is 9.48. The van der Waals surface area contributed by atoms with E-state index in [4.69, 9.17) is 9.47 Å². The molecule has 1 aliphatic carbocycles. The minimum absolute atomic E-state index is 0.0737. The van der Waals surface area contributed by atoms with Gasteiger partial charge in [-0.25, -0.2) is 4.79 Å². The highest BCUT2D eigenvalue weighted by Gasteiger charge is 2.32. The quantitative estimate of drug-likeness (QED) is 0.728. The SMILES string of the molecule is COC(=O)c1cc(CNC(=O)c2cc3c([nH]c2=O)CC(C)(C)CC3=O)ccc1OC. The summed E-state index contributed by atoms with van der Waals surface area (Å²) in [5.74, 6) is -0.909. The standard InChI is InChI=1S/C22H24N2O6/c1-22(2)9-16-13(17(25)10-22)8-15(20(27)24-16)19(26)23-11-12-5-6-18(29-3)14(7-12)21(28)30-4/h5-8H,9-11H2,1-4H3,(H,23,26)(H,24,27). The third-order valence-electron chi connectivity index (χ3n) is 5.08. The molecule has 1 amide bonds. The average molecular weight is 412 g/mol. The van der Waals surface area contributed by atoms with E-state index >= 15 is 0 Å². The number of hydrogen-bond acceptors (Lipinski definition) is 6. The molecular formula is C22H24N2O6. The van der Waals surface area contributed by atoms with Gasteiger partial charge in [0, 0.05) is 24.2 Å². The molecule has 0 spiro atoms. The van der Waals surface area contributed by atoms with E-state index in [1.54, 1.807) is 18.2 Å². The zero-order chi connectivity index (χ0) is 22.1. The normalized spacial score (nSPS) is 14.6. The highest BCUT2D eigenvalue weighted by atomic mass is 16.5. The molecule has 2 N–H and O–H groups in total. The number of methoxy groups -OCH3 is 2. The largest absolute Gasteiger partial charge is 0.496 e. The van der Waals surface area contributed by atoms with Crippen molar-refractivity contribution in [2.24, 2.45) is 5.41 Å². The number of fused-ring (bicyclic) bond motifs is 1. The van der Waals surface area contributed by atoms with Crippen LogP contribution in [0.15, 0.2) is 29.1 Å². The Hall–Kier alpha value is -3.42. The van der Waals surface area contributed by atoms with Crippen molar-refractivity contribution >= 4 is 17.7 Å². The van der Waals surface area contributed by atoms with Crippen molar-refractivity contribution in [2.45, 2.75) is 33.2 Å². The van der Waals surface area contributed by atoms with Crippen LogP contribution in [0.5, 0.6) is 5.75 Å². The number of hydrogen-bond donors (Lipinski definition) is 2.